The number of sulfonamides is 1. The number of aliphatic hydroxyl groups is 1. The van der Waals surface area contributed by atoms with Gasteiger partial charge < -0.3 is 5.11 Å². The molecule has 0 amide bonds. The van der Waals surface area contributed by atoms with Crippen LogP contribution in [0.5, 0.6) is 0 Å². The maximum Gasteiger partial charge on any atom is 0.430 e. The van der Waals surface area contributed by atoms with E-state index < -0.39 is 38.6 Å². The maximum absolute atomic E-state index is 13.3. The Kier molecular flexibility index (Phi) is 7.58. The van der Waals surface area contributed by atoms with Gasteiger partial charge in [0.05, 0.1) is 11.9 Å². The number of nitrogens with zero attached hydrogens (tertiary/aromatic N) is 3. The van der Waals surface area contributed by atoms with E-state index in [9.17, 15) is 39.9 Å². The number of halogens is 7. The van der Waals surface area contributed by atoms with Crippen molar-refractivity contribution in [3.05, 3.63) is 52.3 Å². The van der Waals surface area contributed by atoms with Crippen LogP contribution >= 0.6 is 11.6 Å². The summed E-state index contributed by atoms with van der Waals surface area (Å²) in [5.41, 5.74) is -4.47. The summed E-state index contributed by atoms with van der Waals surface area (Å²) in [5.74, 6) is 0. The summed E-state index contributed by atoms with van der Waals surface area (Å²) in [6.07, 6.45) is -7.30. The molecule has 38 heavy (non-hydrogen) atoms. The molecular formula is C24H26ClF6N3O3S. The van der Waals surface area contributed by atoms with E-state index in [0.717, 1.165) is 24.5 Å². The van der Waals surface area contributed by atoms with E-state index in [-0.39, 0.29) is 17.6 Å². The Bertz CT molecular complexity index is 1290. The second-order valence-corrected chi connectivity index (χ2v) is 12.1. The lowest BCUT2D eigenvalue weighted by molar-refractivity contribution is -0.376. The standard InChI is InChI=1S/C24H26ClF6N3O3S/c1-3-14-8-16(11-33-12-17-5-6-18(13-33)34(17)38(2,36)37)32-10-20(14)19-7-4-15(9-21(19)25)22(35,23(26,27)28)24(29,30)31/h4,7-10,17-18,35H,3,5-6,11-13H2,1-2H3. The molecule has 0 radical (unpaired) electrons. The van der Waals surface area contributed by atoms with Crippen molar-refractivity contribution in [3.63, 3.8) is 0 Å². The van der Waals surface area contributed by atoms with Crippen LogP contribution in [0.25, 0.3) is 11.1 Å². The molecule has 2 aromatic rings. The smallest absolute Gasteiger partial charge is 0.369 e. The zero-order chi connectivity index (χ0) is 28.3. The Labute approximate surface area is 221 Å². The molecule has 14 heteroatoms. The fraction of sp³-hybridized carbons (Fsp3) is 0.542. The molecule has 2 atom stereocenters. The van der Waals surface area contributed by atoms with Crippen molar-refractivity contribution in [2.24, 2.45) is 0 Å². The number of aromatic nitrogens is 1. The van der Waals surface area contributed by atoms with Crippen molar-refractivity contribution >= 4 is 21.6 Å². The van der Waals surface area contributed by atoms with Gasteiger partial charge in [0, 0.05) is 59.6 Å². The molecule has 4 rings (SSSR count). The molecule has 1 aromatic carbocycles. The molecule has 0 saturated carbocycles. The zero-order valence-electron chi connectivity index (χ0n) is 20.4. The summed E-state index contributed by atoms with van der Waals surface area (Å²) in [6, 6.07) is 3.65. The number of rotatable bonds is 6. The lowest BCUT2D eigenvalue weighted by Crippen LogP contribution is -2.55. The van der Waals surface area contributed by atoms with Crippen LogP contribution in [0.4, 0.5) is 26.3 Å². The van der Waals surface area contributed by atoms with Gasteiger partial charge in [0.2, 0.25) is 10.0 Å². The summed E-state index contributed by atoms with van der Waals surface area (Å²) >= 11 is 6.15. The van der Waals surface area contributed by atoms with Crippen molar-refractivity contribution in [3.8, 4) is 11.1 Å². The molecule has 3 heterocycles. The Morgan fingerprint density at radius 3 is 2.08 bits per heavy atom. The third-order valence-electron chi connectivity index (χ3n) is 7.18. The minimum atomic E-state index is -6.01. The van der Waals surface area contributed by atoms with Crippen LogP contribution < -0.4 is 0 Å². The highest BCUT2D eigenvalue weighted by Gasteiger charge is 2.71. The van der Waals surface area contributed by atoms with Gasteiger partial charge in [0.25, 0.3) is 5.60 Å². The van der Waals surface area contributed by atoms with Crippen molar-refractivity contribution in [1.29, 1.82) is 0 Å². The van der Waals surface area contributed by atoms with Gasteiger partial charge in [-0.3, -0.25) is 9.88 Å². The first-order valence-electron chi connectivity index (χ1n) is 11.8. The Morgan fingerprint density at radius 1 is 1.03 bits per heavy atom. The molecule has 0 spiro atoms. The highest BCUT2D eigenvalue weighted by Crippen LogP contribution is 2.51. The number of aryl methyl sites for hydroxylation is 1. The van der Waals surface area contributed by atoms with E-state index >= 15 is 0 Å². The molecule has 210 valence electrons. The summed E-state index contributed by atoms with van der Waals surface area (Å²) in [6.45, 7) is 3.41. The van der Waals surface area contributed by atoms with Gasteiger partial charge in [-0.15, -0.1) is 0 Å². The molecular weight excluding hydrogens is 560 g/mol. The van der Waals surface area contributed by atoms with Crippen LogP contribution in [0, 0.1) is 0 Å². The first-order chi connectivity index (χ1) is 17.5. The van der Waals surface area contributed by atoms with Crippen LogP contribution in [0.3, 0.4) is 0 Å². The van der Waals surface area contributed by atoms with E-state index in [1.165, 1.54) is 12.5 Å². The van der Waals surface area contributed by atoms with Crippen LogP contribution in [0.15, 0.2) is 30.5 Å². The second-order valence-electron chi connectivity index (χ2n) is 9.76. The number of likely N-dealkylation sites (tertiary alicyclic amines) is 1. The first kappa shape index (κ1) is 29.1. The molecule has 2 saturated heterocycles. The van der Waals surface area contributed by atoms with Gasteiger partial charge in [0.1, 0.15) is 0 Å². The number of fused-ring (bicyclic) bond motifs is 2. The molecule has 2 fully saturated rings. The SMILES string of the molecule is CCc1cc(CN2CC3CCC(C2)N3S(C)(=O)=O)ncc1-c1ccc(C(O)(C(F)(F)F)C(F)(F)F)cc1Cl. The van der Waals surface area contributed by atoms with Crippen molar-refractivity contribution in [1.82, 2.24) is 14.2 Å². The maximum atomic E-state index is 13.3. The Hall–Kier alpha value is -1.93. The van der Waals surface area contributed by atoms with E-state index in [1.807, 2.05) is 6.92 Å². The first-order valence-corrected chi connectivity index (χ1v) is 14.0. The predicted molar refractivity (Wildman–Crippen MR) is 129 cm³/mol. The number of piperazine rings is 1. The minimum Gasteiger partial charge on any atom is -0.369 e. The summed E-state index contributed by atoms with van der Waals surface area (Å²) in [4.78, 5) is 6.57. The number of hydrogen-bond acceptors (Lipinski definition) is 5. The Balaban J connectivity index is 1.59. The number of alkyl halides is 6. The van der Waals surface area contributed by atoms with Crippen LogP contribution in [-0.4, -0.2) is 71.5 Å². The lowest BCUT2D eigenvalue weighted by Gasteiger charge is -2.39. The number of pyridine rings is 1. The van der Waals surface area contributed by atoms with Gasteiger partial charge in [-0.05, 0) is 37.0 Å². The average molecular weight is 586 g/mol. The van der Waals surface area contributed by atoms with E-state index in [4.69, 9.17) is 11.6 Å². The monoisotopic (exact) mass is 585 g/mol. The zero-order valence-corrected chi connectivity index (χ0v) is 22.0. The largest absolute Gasteiger partial charge is 0.430 e. The van der Waals surface area contributed by atoms with Crippen molar-refractivity contribution in [2.45, 2.75) is 62.8 Å². The van der Waals surface area contributed by atoms with Gasteiger partial charge in [-0.1, -0.05) is 30.7 Å². The lowest BCUT2D eigenvalue weighted by atomic mass is 9.90. The van der Waals surface area contributed by atoms with Crippen molar-refractivity contribution < 1.29 is 39.9 Å². The molecule has 1 aromatic heterocycles. The highest BCUT2D eigenvalue weighted by molar-refractivity contribution is 7.88. The molecule has 6 nitrogen and oxygen atoms in total. The molecule has 2 aliphatic rings. The topological polar surface area (TPSA) is 73.7 Å². The van der Waals surface area contributed by atoms with Gasteiger partial charge in [0.15, 0.2) is 0 Å². The third kappa shape index (κ3) is 5.15. The average Bonchev–Trinajstić information content (AvgIpc) is 3.09. The predicted octanol–water partition coefficient (Wildman–Crippen LogP) is 4.88. The van der Waals surface area contributed by atoms with E-state index in [1.54, 1.807) is 10.4 Å². The molecule has 2 unspecified atom stereocenters. The highest BCUT2D eigenvalue weighted by atomic mass is 35.5. The fourth-order valence-corrected chi connectivity index (χ4v) is 7.18. The molecule has 1 N–H and O–H groups in total. The summed E-state index contributed by atoms with van der Waals surface area (Å²) in [5, 5.41) is 9.28. The van der Waals surface area contributed by atoms with Gasteiger partial charge >= 0.3 is 12.4 Å². The van der Waals surface area contributed by atoms with E-state index in [0.29, 0.717) is 49.4 Å². The fourth-order valence-electron chi connectivity index (χ4n) is 5.47. The van der Waals surface area contributed by atoms with Crippen LogP contribution in [0.1, 0.15) is 36.6 Å². The number of benzene rings is 1. The van der Waals surface area contributed by atoms with Crippen LogP contribution in [0.2, 0.25) is 5.02 Å². The summed E-state index contributed by atoms with van der Waals surface area (Å²) < 4.78 is 105. The molecule has 2 bridgehead atoms. The minimum absolute atomic E-state index is 0.0990. The molecule has 0 aliphatic carbocycles. The van der Waals surface area contributed by atoms with E-state index in [2.05, 4.69) is 9.88 Å². The van der Waals surface area contributed by atoms with Gasteiger partial charge in [-0.2, -0.15) is 30.6 Å². The second kappa shape index (κ2) is 9.92. The van der Waals surface area contributed by atoms with Gasteiger partial charge in [-0.25, -0.2) is 8.42 Å². The summed E-state index contributed by atoms with van der Waals surface area (Å²) in [7, 11) is -3.30. The normalized spacial score (nSPS) is 21.7. The third-order valence-corrected chi connectivity index (χ3v) is 8.86. The van der Waals surface area contributed by atoms with Crippen LogP contribution in [-0.2, 0) is 28.6 Å². The number of hydrogen-bond donors (Lipinski definition) is 1. The quantitative estimate of drug-likeness (QED) is 0.489. The Morgan fingerprint density at radius 2 is 1.61 bits per heavy atom. The van der Waals surface area contributed by atoms with Crippen molar-refractivity contribution in [2.75, 3.05) is 19.3 Å². The molecule has 2 aliphatic heterocycles.